The van der Waals surface area contributed by atoms with Crippen molar-refractivity contribution in [3.05, 3.63) is 41.0 Å². The van der Waals surface area contributed by atoms with Crippen LogP contribution in [0.1, 0.15) is 30.5 Å². The molecular formula is C17H22N2OS. The quantitative estimate of drug-likeness (QED) is 0.848. The molecule has 1 aromatic heterocycles. The van der Waals surface area contributed by atoms with Gasteiger partial charge in [0.15, 0.2) is 0 Å². The normalized spacial score (nSPS) is 16.1. The summed E-state index contributed by atoms with van der Waals surface area (Å²) in [7, 11) is 1.76. The van der Waals surface area contributed by atoms with E-state index in [1.54, 1.807) is 18.4 Å². The molecule has 0 spiro atoms. The molecule has 1 N–H and O–H groups in total. The lowest BCUT2D eigenvalue weighted by atomic mass is 10.1. The molecule has 0 saturated heterocycles. The molecule has 1 heterocycles. The molecule has 1 fully saturated rings. The van der Waals surface area contributed by atoms with Crippen molar-refractivity contribution in [2.75, 3.05) is 7.11 Å². The van der Waals surface area contributed by atoms with Gasteiger partial charge in [-0.15, -0.1) is 11.3 Å². The van der Waals surface area contributed by atoms with Crippen LogP contribution in [0, 0.1) is 0 Å². The molecule has 4 heteroatoms. The minimum atomic E-state index is 0.212. The van der Waals surface area contributed by atoms with Crippen LogP contribution in [0.4, 0.5) is 0 Å². The van der Waals surface area contributed by atoms with Gasteiger partial charge in [-0.3, -0.25) is 0 Å². The zero-order chi connectivity index (χ0) is 14.7. The Hall–Kier alpha value is -1.23. The van der Waals surface area contributed by atoms with E-state index in [2.05, 4.69) is 42.6 Å². The third-order valence-electron chi connectivity index (χ3n) is 3.78. The van der Waals surface area contributed by atoms with Crippen molar-refractivity contribution in [3.63, 3.8) is 0 Å². The average molecular weight is 302 g/mol. The largest absolute Gasteiger partial charge is 0.381 e. The van der Waals surface area contributed by atoms with Crippen LogP contribution in [-0.2, 0) is 17.7 Å². The number of methoxy groups -OCH3 is 1. The van der Waals surface area contributed by atoms with Crippen LogP contribution in [0.25, 0.3) is 10.4 Å². The minimum Gasteiger partial charge on any atom is -0.381 e. The molecule has 1 aromatic carbocycles. The van der Waals surface area contributed by atoms with E-state index in [4.69, 9.17) is 9.72 Å². The first kappa shape index (κ1) is 14.7. The summed E-state index contributed by atoms with van der Waals surface area (Å²) in [6.07, 6.45) is 3.70. The van der Waals surface area contributed by atoms with Crippen molar-refractivity contribution < 1.29 is 4.74 Å². The standard InChI is InChI=1S/C17H22N2OS/c1-12(20-2)10-16-19-15(11-18-14-8-9-14)17(21-16)13-6-4-3-5-7-13/h3-7,12,14,18H,8-11H2,1-2H3. The molecule has 1 atom stereocenters. The van der Waals surface area contributed by atoms with Gasteiger partial charge >= 0.3 is 0 Å². The molecule has 1 saturated carbocycles. The topological polar surface area (TPSA) is 34.1 Å². The number of rotatable bonds is 7. The van der Waals surface area contributed by atoms with Gasteiger partial charge < -0.3 is 10.1 Å². The Morgan fingerprint density at radius 3 is 2.76 bits per heavy atom. The molecule has 2 aromatic rings. The van der Waals surface area contributed by atoms with Crippen LogP contribution < -0.4 is 5.32 Å². The number of hydrogen-bond donors (Lipinski definition) is 1. The molecule has 0 aliphatic heterocycles. The maximum atomic E-state index is 5.37. The van der Waals surface area contributed by atoms with Crippen molar-refractivity contribution in [2.24, 2.45) is 0 Å². The Morgan fingerprint density at radius 1 is 1.33 bits per heavy atom. The lowest BCUT2D eigenvalue weighted by Crippen LogP contribution is -2.16. The lowest BCUT2D eigenvalue weighted by molar-refractivity contribution is 0.118. The predicted molar refractivity (Wildman–Crippen MR) is 87.6 cm³/mol. The van der Waals surface area contributed by atoms with E-state index in [0.717, 1.165) is 18.0 Å². The highest BCUT2D eigenvalue weighted by Gasteiger charge is 2.22. The van der Waals surface area contributed by atoms with Crippen LogP contribution in [-0.4, -0.2) is 24.2 Å². The smallest absolute Gasteiger partial charge is 0.0961 e. The number of nitrogens with zero attached hydrogens (tertiary/aromatic N) is 1. The second-order valence-corrected chi connectivity index (χ2v) is 6.74. The van der Waals surface area contributed by atoms with Crippen LogP contribution >= 0.6 is 11.3 Å². The minimum absolute atomic E-state index is 0.212. The van der Waals surface area contributed by atoms with E-state index >= 15 is 0 Å². The van der Waals surface area contributed by atoms with Crippen LogP contribution in [0.5, 0.6) is 0 Å². The number of ether oxygens (including phenoxy) is 1. The third-order valence-corrected chi connectivity index (χ3v) is 4.95. The predicted octanol–water partition coefficient (Wildman–Crippen LogP) is 3.64. The van der Waals surface area contributed by atoms with Gasteiger partial charge in [-0.05, 0) is 25.3 Å². The van der Waals surface area contributed by atoms with Gasteiger partial charge in [0.1, 0.15) is 0 Å². The Kier molecular flexibility index (Phi) is 4.68. The van der Waals surface area contributed by atoms with Gasteiger partial charge in [0.25, 0.3) is 0 Å². The monoisotopic (exact) mass is 302 g/mol. The molecule has 3 rings (SSSR count). The molecule has 0 bridgehead atoms. The summed E-state index contributed by atoms with van der Waals surface area (Å²) >= 11 is 1.80. The summed E-state index contributed by atoms with van der Waals surface area (Å²) in [5.74, 6) is 0. The summed E-state index contributed by atoms with van der Waals surface area (Å²) < 4.78 is 5.37. The second kappa shape index (κ2) is 6.69. The first-order chi connectivity index (χ1) is 10.3. The molecule has 1 aliphatic rings. The summed E-state index contributed by atoms with van der Waals surface area (Å²) in [5, 5.41) is 4.74. The molecule has 21 heavy (non-hydrogen) atoms. The van der Waals surface area contributed by atoms with Crippen LogP contribution in [0.15, 0.2) is 30.3 Å². The average Bonchev–Trinajstić information content (AvgIpc) is 3.26. The molecule has 1 aliphatic carbocycles. The highest BCUT2D eigenvalue weighted by molar-refractivity contribution is 7.15. The maximum Gasteiger partial charge on any atom is 0.0961 e. The summed E-state index contributed by atoms with van der Waals surface area (Å²) in [6, 6.07) is 11.3. The molecular weight excluding hydrogens is 280 g/mol. The van der Waals surface area contributed by atoms with Gasteiger partial charge in [0, 0.05) is 26.1 Å². The zero-order valence-electron chi connectivity index (χ0n) is 12.6. The maximum absolute atomic E-state index is 5.37. The SMILES string of the molecule is COC(C)Cc1nc(CNC2CC2)c(-c2ccccc2)s1. The third kappa shape index (κ3) is 3.90. The molecule has 112 valence electrons. The Bertz CT molecular complexity index is 578. The van der Waals surface area contributed by atoms with Crippen molar-refractivity contribution in [1.82, 2.24) is 10.3 Å². The number of thiazole rings is 1. The first-order valence-electron chi connectivity index (χ1n) is 7.56. The molecule has 3 nitrogen and oxygen atoms in total. The number of hydrogen-bond acceptors (Lipinski definition) is 4. The van der Waals surface area contributed by atoms with E-state index in [0.29, 0.717) is 6.04 Å². The number of nitrogens with one attached hydrogen (secondary N) is 1. The van der Waals surface area contributed by atoms with E-state index in [1.807, 2.05) is 0 Å². The fourth-order valence-corrected chi connectivity index (χ4v) is 3.48. The van der Waals surface area contributed by atoms with Gasteiger partial charge in [0.2, 0.25) is 0 Å². The lowest BCUT2D eigenvalue weighted by Gasteiger charge is -2.05. The highest BCUT2D eigenvalue weighted by atomic mass is 32.1. The second-order valence-electron chi connectivity index (χ2n) is 5.66. The van der Waals surface area contributed by atoms with Crippen molar-refractivity contribution in [3.8, 4) is 10.4 Å². The van der Waals surface area contributed by atoms with E-state index in [-0.39, 0.29) is 6.10 Å². The van der Waals surface area contributed by atoms with Crippen LogP contribution in [0.2, 0.25) is 0 Å². The number of benzene rings is 1. The zero-order valence-corrected chi connectivity index (χ0v) is 13.5. The Labute approximate surface area is 130 Å². The summed E-state index contributed by atoms with van der Waals surface area (Å²) in [4.78, 5) is 6.14. The first-order valence-corrected chi connectivity index (χ1v) is 8.38. The van der Waals surface area contributed by atoms with Gasteiger partial charge in [-0.25, -0.2) is 4.98 Å². The van der Waals surface area contributed by atoms with Crippen LogP contribution in [0.3, 0.4) is 0 Å². The summed E-state index contributed by atoms with van der Waals surface area (Å²) in [5.41, 5.74) is 2.44. The van der Waals surface area contributed by atoms with Gasteiger partial charge in [0.05, 0.1) is 21.7 Å². The molecule has 0 amide bonds. The number of aromatic nitrogens is 1. The Balaban J connectivity index is 1.83. The van der Waals surface area contributed by atoms with E-state index in [9.17, 15) is 0 Å². The van der Waals surface area contributed by atoms with Gasteiger partial charge in [-0.2, -0.15) is 0 Å². The molecule has 1 unspecified atom stereocenters. The highest BCUT2D eigenvalue weighted by Crippen LogP contribution is 2.31. The fourth-order valence-electron chi connectivity index (χ4n) is 2.28. The molecule has 0 radical (unpaired) electrons. The van der Waals surface area contributed by atoms with Crippen molar-refractivity contribution in [2.45, 2.75) is 44.9 Å². The Morgan fingerprint density at radius 2 is 2.10 bits per heavy atom. The van der Waals surface area contributed by atoms with E-state index < -0.39 is 0 Å². The van der Waals surface area contributed by atoms with Crippen molar-refractivity contribution >= 4 is 11.3 Å². The van der Waals surface area contributed by atoms with E-state index in [1.165, 1.54) is 29.0 Å². The fraction of sp³-hybridized carbons (Fsp3) is 0.471. The van der Waals surface area contributed by atoms with Crippen molar-refractivity contribution in [1.29, 1.82) is 0 Å². The summed E-state index contributed by atoms with van der Waals surface area (Å²) in [6.45, 7) is 2.96. The van der Waals surface area contributed by atoms with Gasteiger partial charge in [-0.1, -0.05) is 30.3 Å².